The molecule has 11 nitrogen and oxygen atoms in total. The highest BCUT2D eigenvalue weighted by molar-refractivity contribution is 7.14. The topological polar surface area (TPSA) is 146 Å². The Morgan fingerprint density at radius 2 is 2.04 bits per heavy atom. The molecule has 0 fully saturated rings. The molecular formula is C14H10N6O5S. The number of nitrogens with one attached hydrogen (secondary N) is 1. The first-order valence-electron chi connectivity index (χ1n) is 7.10. The number of non-ortho nitro benzene ring substituents is 1. The van der Waals surface area contributed by atoms with Gasteiger partial charge in [-0.15, -0.1) is 11.3 Å². The number of nitro benzene ring substituents is 1. The number of hydrogen-bond acceptors (Lipinski definition) is 8. The molecule has 2 aromatic heterocycles. The zero-order valence-electron chi connectivity index (χ0n) is 12.9. The van der Waals surface area contributed by atoms with Gasteiger partial charge in [0.25, 0.3) is 5.69 Å². The molecule has 0 radical (unpaired) electrons. The molecule has 0 atom stereocenters. The molecule has 1 aromatic carbocycles. The number of rotatable bonds is 6. The number of anilines is 1. The molecule has 26 heavy (non-hydrogen) atoms. The van der Waals surface area contributed by atoms with Crippen LogP contribution in [0.4, 0.5) is 16.6 Å². The molecule has 0 unspecified atom stereocenters. The SMILES string of the molecule is O=C(Cn1ccc([N+](=O)[O-])n1)Nc1nc(-c2cccc([N+](=O)[O-])c2)cs1. The van der Waals surface area contributed by atoms with Crippen LogP contribution >= 0.6 is 11.3 Å². The lowest BCUT2D eigenvalue weighted by Gasteiger charge is -1.99. The zero-order valence-corrected chi connectivity index (χ0v) is 13.8. The van der Waals surface area contributed by atoms with E-state index in [1.54, 1.807) is 17.5 Å². The van der Waals surface area contributed by atoms with Gasteiger partial charge in [0.05, 0.1) is 28.0 Å². The van der Waals surface area contributed by atoms with Crippen molar-refractivity contribution in [1.29, 1.82) is 0 Å². The van der Waals surface area contributed by atoms with Crippen molar-refractivity contribution in [3.05, 3.63) is 62.1 Å². The number of thiazole rings is 1. The molecule has 0 spiro atoms. The maximum atomic E-state index is 12.0. The van der Waals surface area contributed by atoms with Gasteiger partial charge < -0.3 is 15.4 Å². The average Bonchev–Trinajstić information content (AvgIpc) is 3.24. The first kappa shape index (κ1) is 17.2. The second kappa shape index (κ2) is 7.06. The second-order valence-electron chi connectivity index (χ2n) is 5.02. The van der Waals surface area contributed by atoms with Crippen molar-refractivity contribution in [2.24, 2.45) is 0 Å². The number of carbonyl (C=O) groups excluding carboxylic acids is 1. The Morgan fingerprint density at radius 1 is 1.23 bits per heavy atom. The Bertz CT molecular complexity index is 997. The predicted octanol–water partition coefficient (Wildman–Crippen LogP) is 2.46. The van der Waals surface area contributed by atoms with E-state index in [1.165, 1.54) is 24.4 Å². The van der Waals surface area contributed by atoms with E-state index >= 15 is 0 Å². The largest absolute Gasteiger partial charge is 0.389 e. The van der Waals surface area contributed by atoms with Crippen LogP contribution < -0.4 is 5.32 Å². The summed E-state index contributed by atoms with van der Waals surface area (Å²) in [7, 11) is 0. The van der Waals surface area contributed by atoms with Crippen molar-refractivity contribution in [3.63, 3.8) is 0 Å². The minimum atomic E-state index is -0.652. The third-order valence-electron chi connectivity index (χ3n) is 3.22. The van der Waals surface area contributed by atoms with Gasteiger partial charge >= 0.3 is 5.82 Å². The monoisotopic (exact) mass is 374 g/mol. The molecule has 0 aliphatic heterocycles. The summed E-state index contributed by atoms with van der Waals surface area (Å²) in [5, 5.41) is 29.6. The van der Waals surface area contributed by atoms with E-state index in [0.717, 1.165) is 16.0 Å². The molecule has 1 N–H and O–H groups in total. The Labute approximate surface area is 149 Å². The lowest BCUT2D eigenvalue weighted by atomic mass is 10.1. The van der Waals surface area contributed by atoms with Gasteiger partial charge in [-0.25, -0.2) is 4.98 Å². The van der Waals surface area contributed by atoms with Gasteiger partial charge in [0.2, 0.25) is 5.91 Å². The smallest absolute Gasteiger partial charge is 0.358 e. The quantitative estimate of drug-likeness (QED) is 0.515. The van der Waals surface area contributed by atoms with Crippen molar-refractivity contribution in [3.8, 4) is 11.3 Å². The minimum Gasteiger partial charge on any atom is -0.358 e. The Kier molecular flexibility index (Phi) is 4.66. The molecule has 0 saturated heterocycles. The van der Waals surface area contributed by atoms with Gasteiger partial charge in [0.15, 0.2) is 5.13 Å². The van der Waals surface area contributed by atoms with Crippen LogP contribution in [0.3, 0.4) is 0 Å². The molecule has 0 aliphatic carbocycles. The van der Waals surface area contributed by atoms with Crippen LogP contribution in [0.1, 0.15) is 0 Å². The highest BCUT2D eigenvalue weighted by Crippen LogP contribution is 2.27. The van der Waals surface area contributed by atoms with E-state index in [1.807, 2.05) is 0 Å². The summed E-state index contributed by atoms with van der Waals surface area (Å²) in [5.74, 6) is -0.803. The van der Waals surface area contributed by atoms with Crippen LogP contribution in [0, 0.1) is 20.2 Å². The van der Waals surface area contributed by atoms with Gasteiger partial charge in [0.1, 0.15) is 6.54 Å². The average molecular weight is 374 g/mol. The van der Waals surface area contributed by atoms with E-state index in [2.05, 4.69) is 15.4 Å². The summed E-state index contributed by atoms with van der Waals surface area (Å²) in [5.41, 5.74) is 0.990. The van der Waals surface area contributed by atoms with Crippen LogP contribution in [-0.2, 0) is 11.3 Å². The van der Waals surface area contributed by atoms with E-state index in [0.29, 0.717) is 16.4 Å². The number of nitrogens with zero attached hydrogens (tertiary/aromatic N) is 5. The first-order chi connectivity index (χ1) is 12.4. The number of aromatic nitrogens is 3. The van der Waals surface area contributed by atoms with E-state index in [9.17, 15) is 25.0 Å². The van der Waals surface area contributed by atoms with Crippen LogP contribution in [0.25, 0.3) is 11.3 Å². The van der Waals surface area contributed by atoms with Gasteiger partial charge in [-0.3, -0.25) is 14.9 Å². The maximum Gasteiger partial charge on any atom is 0.389 e. The van der Waals surface area contributed by atoms with Crippen LogP contribution in [0.5, 0.6) is 0 Å². The summed E-state index contributed by atoms with van der Waals surface area (Å²) in [6.45, 7) is -0.209. The van der Waals surface area contributed by atoms with Crippen molar-refractivity contribution in [2.75, 3.05) is 5.32 Å². The highest BCUT2D eigenvalue weighted by Gasteiger charge is 2.15. The molecule has 3 aromatic rings. The van der Waals surface area contributed by atoms with Gasteiger partial charge in [-0.05, 0) is 4.92 Å². The summed E-state index contributed by atoms with van der Waals surface area (Å²) in [6, 6.07) is 7.19. The summed E-state index contributed by atoms with van der Waals surface area (Å²) >= 11 is 1.16. The van der Waals surface area contributed by atoms with E-state index in [-0.39, 0.29) is 18.1 Å². The fraction of sp³-hybridized carbons (Fsp3) is 0.0714. The number of nitro groups is 2. The fourth-order valence-electron chi connectivity index (χ4n) is 2.08. The van der Waals surface area contributed by atoms with E-state index < -0.39 is 15.8 Å². The van der Waals surface area contributed by atoms with Gasteiger partial charge in [-0.2, -0.15) is 4.68 Å². The zero-order chi connectivity index (χ0) is 18.7. The van der Waals surface area contributed by atoms with Crippen LogP contribution in [0.2, 0.25) is 0 Å². The molecule has 0 aliphatic rings. The summed E-state index contributed by atoms with van der Waals surface area (Å²) < 4.78 is 1.14. The van der Waals surface area contributed by atoms with E-state index in [4.69, 9.17) is 0 Å². The number of carbonyl (C=O) groups is 1. The van der Waals surface area contributed by atoms with Gasteiger partial charge in [0, 0.05) is 23.1 Å². The lowest BCUT2D eigenvalue weighted by molar-refractivity contribution is -0.389. The molecule has 12 heteroatoms. The first-order valence-corrected chi connectivity index (χ1v) is 7.98. The van der Waals surface area contributed by atoms with Gasteiger partial charge in [-0.1, -0.05) is 12.1 Å². The maximum absolute atomic E-state index is 12.0. The Hall–Kier alpha value is -3.67. The standard InChI is InChI=1S/C14H10N6O5S/c21-13(7-18-5-4-12(17-18)20(24)25)16-14-15-11(8-26-14)9-2-1-3-10(6-9)19(22)23/h1-6,8H,7H2,(H,15,16,21). The summed E-state index contributed by atoms with van der Waals surface area (Å²) in [4.78, 5) is 36.5. The number of amides is 1. The molecular weight excluding hydrogens is 364 g/mol. The molecule has 3 rings (SSSR count). The molecule has 2 heterocycles. The number of benzene rings is 1. The Morgan fingerprint density at radius 3 is 2.73 bits per heavy atom. The molecule has 0 bridgehead atoms. The number of hydrogen-bond donors (Lipinski definition) is 1. The third-order valence-corrected chi connectivity index (χ3v) is 3.98. The summed E-state index contributed by atoms with van der Waals surface area (Å²) in [6.07, 6.45) is 1.33. The van der Waals surface area contributed by atoms with Crippen molar-refractivity contribution in [2.45, 2.75) is 6.54 Å². The van der Waals surface area contributed by atoms with Crippen molar-refractivity contribution >= 4 is 33.9 Å². The highest BCUT2D eigenvalue weighted by atomic mass is 32.1. The Balaban J connectivity index is 1.68. The molecule has 1 amide bonds. The van der Waals surface area contributed by atoms with Crippen molar-refractivity contribution in [1.82, 2.24) is 14.8 Å². The second-order valence-corrected chi connectivity index (χ2v) is 5.88. The third kappa shape index (κ3) is 3.87. The van der Waals surface area contributed by atoms with Crippen LogP contribution in [-0.4, -0.2) is 30.5 Å². The lowest BCUT2D eigenvalue weighted by Crippen LogP contribution is -2.19. The van der Waals surface area contributed by atoms with Crippen LogP contribution in [0.15, 0.2) is 41.9 Å². The fourth-order valence-corrected chi connectivity index (χ4v) is 2.82. The minimum absolute atomic E-state index is 0.0543. The molecule has 0 saturated carbocycles. The predicted molar refractivity (Wildman–Crippen MR) is 91.7 cm³/mol. The molecule has 132 valence electrons. The normalized spacial score (nSPS) is 10.5. The van der Waals surface area contributed by atoms with Crippen molar-refractivity contribution < 1.29 is 14.6 Å².